The molecule has 4 heteroatoms. The van der Waals surface area contributed by atoms with E-state index in [0.29, 0.717) is 6.42 Å². The average Bonchev–Trinajstić information content (AvgIpc) is 2.27. The minimum atomic E-state index is -0.506. The molecule has 1 atom stereocenters. The third-order valence-electron chi connectivity index (χ3n) is 2.59. The number of benzene rings is 2. The highest BCUT2D eigenvalue weighted by Gasteiger charge is 2.10. The van der Waals surface area contributed by atoms with E-state index in [9.17, 15) is 5.11 Å². The quantitative estimate of drug-likeness (QED) is 0.699. The normalized spacial score (nSPS) is 12.4. The largest absolute Gasteiger partial charge is 0.388 e. The molecule has 1 unspecified atom stereocenters. The van der Waals surface area contributed by atoms with Crippen molar-refractivity contribution in [2.24, 2.45) is 0 Å². The minimum absolute atomic E-state index is 0.506. The molecule has 0 fully saturated rings. The lowest BCUT2D eigenvalue weighted by molar-refractivity contribution is 0.178. The first kappa shape index (κ1) is 14.3. The van der Waals surface area contributed by atoms with Crippen LogP contribution in [0, 0.1) is 0 Å². The smallest absolute Gasteiger partial charge is 0.0831 e. The molecule has 0 aliphatic carbocycles. The molecular weight excluding hydrogens is 424 g/mol. The Bertz CT molecular complexity index is 534. The van der Waals surface area contributed by atoms with Gasteiger partial charge in [-0.2, -0.15) is 0 Å². The molecule has 2 aromatic carbocycles. The van der Waals surface area contributed by atoms with Crippen molar-refractivity contribution in [1.82, 2.24) is 0 Å². The molecule has 2 aromatic rings. The Kier molecular flexibility index (Phi) is 5.01. The van der Waals surface area contributed by atoms with Crippen LogP contribution in [0.5, 0.6) is 0 Å². The van der Waals surface area contributed by atoms with Crippen molar-refractivity contribution < 1.29 is 5.11 Å². The maximum atomic E-state index is 10.3. The zero-order chi connectivity index (χ0) is 13.1. The van der Waals surface area contributed by atoms with Crippen molar-refractivity contribution in [3.63, 3.8) is 0 Å². The Balaban J connectivity index is 2.19. The summed E-state index contributed by atoms with van der Waals surface area (Å²) >= 11 is 10.3. The Labute approximate surface area is 132 Å². The van der Waals surface area contributed by atoms with Crippen LogP contribution >= 0.6 is 47.8 Å². The molecule has 18 heavy (non-hydrogen) atoms. The van der Waals surface area contributed by atoms with Gasteiger partial charge < -0.3 is 5.11 Å². The first-order valence-electron chi connectivity index (χ1n) is 5.43. The maximum Gasteiger partial charge on any atom is 0.0831 e. The van der Waals surface area contributed by atoms with Crippen molar-refractivity contribution in [2.45, 2.75) is 12.5 Å². The monoisotopic (exact) mass is 432 g/mol. The van der Waals surface area contributed by atoms with E-state index < -0.39 is 6.10 Å². The molecule has 0 saturated carbocycles. The lowest BCUT2D eigenvalue weighted by atomic mass is 10.0. The van der Waals surface area contributed by atoms with Gasteiger partial charge in [0.05, 0.1) is 6.10 Å². The zero-order valence-corrected chi connectivity index (χ0v) is 14.2. The lowest BCUT2D eigenvalue weighted by Gasteiger charge is -2.12. The highest BCUT2D eigenvalue weighted by molar-refractivity contribution is 9.11. The van der Waals surface area contributed by atoms with E-state index in [1.165, 1.54) is 0 Å². The number of hydrogen-bond acceptors (Lipinski definition) is 1. The molecule has 1 nitrogen and oxygen atoms in total. The topological polar surface area (TPSA) is 20.2 Å². The summed E-state index contributed by atoms with van der Waals surface area (Å²) in [6.45, 7) is 0. The first-order valence-corrected chi connectivity index (χ1v) is 7.81. The number of aliphatic hydroxyl groups excluding tert-OH is 1. The molecule has 0 aliphatic rings. The fourth-order valence-corrected chi connectivity index (χ4v) is 3.55. The van der Waals surface area contributed by atoms with Crippen molar-refractivity contribution >= 4 is 47.8 Å². The second-order valence-electron chi connectivity index (χ2n) is 4.05. The zero-order valence-electron chi connectivity index (χ0n) is 9.41. The maximum absolute atomic E-state index is 10.3. The van der Waals surface area contributed by atoms with Gasteiger partial charge in [0, 0.05) is 19.8 Å². The van der Waals surface area contributed by atoms with Crippen LogP contribution in [-0.4, -0.2) is 5.11 Å². The van der Waals surface area contributed by atoms with Gasteiger partial charge in [-0.1, -0.05) is 59.9 Å². The Hall–Kier alpha value is -0.160. The van der Waals surface area contributed by atoms with Gasteiger partial charge in [0.2, 0.25) is 0 Å². The van der Waals surface area contributed by atoms with E-state index in [0.717, 1.165) is 24.5 Å². The van der Waals surface area contributed by atoms with Gasteiger partial charge in [0.15, 0.2) is 0 Å². The van der Waals surface area contributed by atoms with Gasteiger partial charge >= 0.3 is 0 Å². The van der Waals surface area contributed by atoms with Crippen molar-refractivity contribution in [2.75, 3.05) is 0 Å². The van der Waals surface area contributed by atoms with Crippen LogP contribution in [0.15, 0.2) is 55.9 Å². The van der Waals surface area contributed by atoms with Gasteiger partial charge in [-0.05, 0) is 41.5 Å². The molecule has 2 rings (SSSR count). The highest BCUT2D eigenvalue weighted by atomic mass is 79.9. The van der Waals surface area contributed by atoms with Gasteiger partial charge in [-0.15, -0.1) is 0 Å². The molecule has 0 amide bonds. The summed E-state index contributed by atoms with van der Waals surface area (Å²) in [6.07, 6.45) is 0.0931. The predicted octanol–water partition coefficient (Wildman–Crippen LogP) is 5.25. The van der Waals surface area contributed by atoms with Gasteiger partial charge in [0.1, 0.15) is 0 Å². The number of rotatable bonds is 3. The fraction of sp³-hybridized carbons (Fsp3) is 0.143. The van der Waals surface area contributed by atoms with Crippen LogP contribution in [0.25, 0.3) is 0 Å². The summed E-state index contributed by atoms with van der Waals surface area (Å²) in [6, 6.07) is 13.8. The van der Waals surface area contributed by atoms with Crippen LogP contribution in [-0.2, 0) is 6.42 Å². The van der Waals surface area contributed by atoms with Crippen molar-refractivity contribution in [1.29, 1.82) is 0 Å². The molecule has 0 radical (unpaired) electrons. The predicted molar refractivity (Wildman–Crippen MR) is 84.6 cm³/mol. The minimum Gasteiger partial charge on any atom is -0.388 e. The van der Waals surface area contributed by atoms with Crippen LogP contribution in [0.2, 0.25) is 0 Å². The lowest BCUT2D eigenvalue weighted by Crippen LogP contribution is -2.02. The number of aliphatic hydroxyl groups is 1. The van der Waals surface area contributed by atoms with Crippen molar-refractivity contribution in [3.05, 3.63) is 67.0 Å². The summed E-state index contributed by atoms with van der Waals surface area (Å²) in [4.78, 5) is 0. The molecule has 0 aromatic heterocycles. The molecule has 0 saturated heterocycles. The molecule has 0 aliphatic heterocycles. The van der Waals surface area contributed by atoms with Gasteiger partial charge in [0.25, 0.3) is 0 Å². The Morgan fingerprint density at radius 3 is 2.17 bits per heavy atom. The van der Waals surface area contributed by atoms with E-state index in [4.69, 9.17) is 0 Å². The molecule has 94 valence electrons. The van der Waals surface area contributed by atoms with Crippen LogP contribution in [0.1, 0.15) is 17.2 Å². The van der Waals surface area contributed by atoms with E-state index in [1.54, 1.807) is 0 Å². The van der Waals surface area contributed by atoms with Crippen LogP contribution in [0.4, 0.5) is 0 Å². The second kappa shape index (κ2) is 6.33. The van der Waals surface area contributed by atoms with E-state index in [2.05, 4.69) is 47.8 Å². The first-order chi connectivity index (χ1) is 8.54. The van der Waals surface area contributed by atoms with Crippen molar-refractivity contribution in [3.8, 4) is 0 Å². The summed E-state index contributed by atoms with van der Waals surface area (Å²) in [5.41, 5.74) is 2.00. The van der Waals surface area contributed by atoms with Gasteiger partial charge in [-0.25, -0.2) is 0 Å². The molecular formula is C14H11Br3O. The van der Waals surface area contributed by atoms with Crippen LogP contribution < -0.4 is 0 Å². The molecule has 1 N–H and O–H groups in total. The standard InChI is InChI=1S/C14H11Br3O/c15-11-3-1-2-9(4-11)5-14(18)10-6-12(16)8-13(17)7-10/h1-4,6-8,14,18H,5H2. The highest BCUT2D eigenvalue weighted by Crippen LogP contribution is 2.26. The Morgan fingerprint density at radius 2 is 1.56 bits per heavy atom. The molecule has 0 bridgehead atoms. The third kappa shape index (κ3) is 3.92. The molecule has 0 spiro atoms. The van der Waals surface area contributed by atoms with E-state index in [-0.39, 0.29) is 0 Å². The van der Waals surface area contributed by atoms with E-state index in [1.807, 2.05) is 42.5 Å². The Morgan fingerprint density at radius 1 is 0.889 bits per heavy atom. The fourth-order valence-electron chi connectivity index (χ4n) is 1.77. The third-order valence-corrected chi connectivity index (χ3v) is 4.00. The number of halogens is 3. The molecule has 0 heterocycles. The average molecular weight is 435 g/mol. The summed E-state index contributed by atoms with van der Waals surface area (Å²) in [5, 5.41) is 10.3. The van der Waals surface area contributed by atoms with E-state index >= 15 is 0 Å². The van der Waals surface area contributed by atoms with Crippen LogP contribution in [0.3, 0.4) is 0 Å². The summed E-state index contributed by atoms with van der Waals surface area (Å²) in [5.74, 6) is 0. The van der Waals surface area contributed by atoms with Gasteiger partial charge in [-0.3, -0.25) is 0 Å². The summed E-state index contributed by atoms with van der Waals surface area (Å²) < 4.78 is 2.95. The summed E-state index contributed by atoms with van der Waals surface area (Å²) in [7, 11) is 0. The second-order valence-corrected chi connectivity index (χ2v) is 6.80. The SMILES string of the molecule is OC(Cc1cccc(Br)c1)c1cc(Br)cc(Br)c1. The number of hydrogen-bond donors (Lipinski definition) is 1.